The predicted octanol–water partition coefficient (Wildman–Crippen LogP) is 7.37. The molecule has 156 valence electrons. The predicted molar refractivity (Wildman–Crippen MR) is 118 cm³/mol. The number of carbonyl (C=O) groups excluding carboxylic acids is 1. The average molecular weight is 383 g/mol. The summed E-state index contributed by atoms with van der Waals surface area (Å²) in [6, 6.07) is 0. The third-order valence-corrected chi connectivity index (χ3v) is 9.76. The van der Waals surface area contributed by atoms with Gasteiger partial charge in [0.2, 0.25) is 0 Å². The average Bonchev–Trinajstić information content (AvgIpc) is 2.99. The monoisotopic (exact) mass is 382 g/mol. The molecule has 3 saturated carbocycles. The molecule has 0 aromatic carbocycles. The van der Waals surface area contributed by atoms with Gasteiger partial charge in [0.25, 0.3) is 0 Å². The first kappa shape index (κ1) is 20.4. The molecule has 0 radical (unpaired) electrons. The Morgan fingerprint density at radius 2 is 1.82 bits per heavy atom. The summed E-state index contributed by atoms with van der Waals surface area (Å²) >= 11 is 0. The van der Waals surface area contributed by atoms with Crippen molar-refractivity contribution in [2.45, 2.75) is 92.4 Å². The van der Waals surface area contributed by atoms with Gasteiger partial charge in [-0.2, -0.15) is 0 Å². The van der Waals surface area contributed by atoms with Gasteiger partial charge in [0.15, 0.2) is 5.78 Å². The summed E-state index contributed by atoms with van der Waals surface area (Å²) in [7, 11) is 0. The Hall–Kier alpha value is -0.850. The van der Waals surface area contributed by atoms with E-state index in [1.165, 1.54) is 56.9 Å². The lowest BCUT2D eigenvalue weighted by molar-refractivity contribution is -0.111. The molecule has 0 heterocycles. The standard InChI is InChI=1S/C27H42O/c1-18(2)7-6-8-19(3)23-11-12-24-22-10-9-20-17-21(28)13-15-26(20,4)25(22)14-16-27(23,24)5/h13,15,17-19,22-25H,6-12,14,16H2,1-5H3/t19-,22+,23-,24+,25+,26+,27-/m1/s1. The van der Waals surface area contributed by atoms with E-state index in [1.807, 2.05) is 12.2 Å². The van der Waals surface area contributed by atoms with E-state index >= 15 is 0 Å². The van der Waals surface area contributed by atoms with Crippen LogP contribution in [0.3, 0.4) is 0 Å². The molecule has 7 atom stereocenters. The van der Waals surface area contributed by atoms with Crippen molar-refractivity contribution in [1.82, 2.24) is 0 Å². The molecule has 1 heteroatoms. The number of hydrogen-bond donors (Lipinski definition) is 0. The third-order valence-electron chi connectivity index (χ3n) is 9.76. The van der Waals surface area contributed by atoms with Crippen molar-refractivity contribution in [2.75, 3.05) is 0 Å². The summed E-state index contributed by atoms with van der Waals surface area (Å²) in [5.41, 5.74) is 2.14. The zero-order chi connectivity index (χ0) is 20.1. The van der Waals surface area contributed by atoms with Crippen LogP contribution in [-0.2, 0) is 4.79 Å². The summed E-state index contributed by atoms with van der Waals surface area (Å²) < 4.78 is 0. The highest BCUT2D eigenvalue weighted by Gasteiger charge is 2.58. The minimum absolute atomic E-state index is 0.152. The molecule has 0 aromatic rings. The van der Waals surface area contributed by atoms with Crippen LogP contribution in [0.4, 0.5) is 0 Å². The van der Waals surface area contributed by atoms with Crippen LogP contribution >= 0.6 is 0 Å². The lowest BCUT2D eigenvalue weighted by Gasteiger charge is -2.57. The lowest BCUT2D eigenvalue weighted by Crippen LogP contribution is -2.50. The fraction of sp³-hybridized carbons (Fsp3) is 0.815. The molecule has 0 aliphatic heterocycles. The van der Waals surface area contributed by atoms with Gasteiger partial charge in [0.05, 0.1) is 0 Å². The van der Waals surface area contributed by atoms with Crippen LogP contribution in [0.25, 0.3) is 0 Å². The molecular formula is C27H42O. The Morgan fingerprint density at radius 1 is 1.04 bits per heavy atom. The highest BCUT2D eigenvalue weighted by molar-refractivity contribution is 6.01. The van der Waals surface area contributed by atoms with Crippen LogP contribution in [-0.4, -0.2) is 5.78 Å². The molecule has 0 spiro atoms. The van der Waals surface area contributed by atoms with E-state index < -0.39 is 0 Å². The molecule has 0 aromatic heterocycles. The number of rotatable bonds is 5. The highest BCUT2D eigenvalue weighted by Crippen LogP contribution is 2.67. The zero-order valence-corrected chi connectivity index (χ0v) is 19.0. The fourth-order valence-electron chi connectivity index (χ4n) is 8.22. The summed E-state index contributed by atoms with van der Waals surface area (Å²) in [5, 5.41) is 0. The van der Waals surface area contributed by atoms with Gasteiger partial charge in [-0.05, 0) is 91.6 Å². The Balaban J connectivity index is 1.50. The number of fused-ring (bicyclic) bond motifs is 5. The van der Waals surface area contributed by atoms with Crippen LogP contribution in [0.15, 0.2) is 23.8 Å². The van der Waals surface area contributed by atoms with Gasteiger partial charge in [0.1, 0.15) is 0 Å². The molecule has 3 fully saturated rings. The smallest absolute Gasteiger partial charge is 0.178 e. The number of carbonyl (C=O) groups is 1. The quantitative estimate of drug-likeness (QED) is 0.485. The minimum Gasteiger partial charge on any atom is -0.290 e. The van der Waals surface area contributed by atoms with Gasteiger partial charge in [0, 0.05) is 5.41 Å². The SMILES string of the molecule is CC(C)CCC[C@@H](C)[C@H]1CC[C@H]2[C@@H]3CCC4=CC(=O)C=C[C@]4(C)[C@H]3CC[C@]12C. The molecule has 0 unspecified atom stereocenters. The van der Waals surface area contributed by atoms with Crippen molar-refractivity contribution < 1.29 is 4.79 Å². The van der Waals surface area contributed by atoms with E-state index in [0.717, 1.165) is 41.9 Å². The third kappa shape index (κ3) is 3.25. The van der Waals surface area contributed by atoms with E-state index in [2.05, 4.69) is 40.7 Å². The first-order chi connectivity index (χ1) is 13.3. The number of hydrogen-bond acceptors (Lipinski definition) is 1. The molecule has 0 amide bonds. The molecule has 4 aliphatic carbocycles. The van der Waals surface area contributed by atoms with Gasteiger partial charge >= 0.3 is 0 Å². The second kappa shape index (κ2) is 7.44. The molecule has 1 nitrogen and oxygen atoms in total. The van der Waals surface area contributed by atoms with Crippen LogP contribution in [0.5, 0.6) is 0 Å². The van der Waals surface area contributed by atoms with Gasteiger partial charge in [-0.25, -0.2) is 0 Å². The maximum atomic E-state index is 11.9. The van der Waals surface area contributed by atoms with Gasteiger partial charge in [-0.15, -0.1) is 0 Å². The maximum absolute atomic E-state index is 11.9. The summed E-state index contributed by atoms with van der Waals surface area (Å²) in [4.78, 5) is 11.9. The summed E-state index contributed by atoms with van der Waals surface area (Å²) in [5.74, 6) is 5.40. The van der Waals surface area contributed by atoms with Gasteiger partial charge < -0.3 is 0 Å². The van der Waals surface area contributed by atoms with Crippen molar-refractivity contribution in [2.24, 2.45) is 46.3 Å². The second-order valence-electron chi connectivity index (χ2n) is 11.6. The number of allylic oxidation sites excluding steroid dienone is 4. The highest BCUT2D eigenvalue weighted by atomic mass is 16.1. The molecule has 4 aliphatic rings. The van der Waals surface area contributed by atoms with Crippen LogP contribution in [0, 0.1) is 46.3 Å². The normalized spacial score (nSPS) is 43.4. The van der Waals surface area contributed by atoms with Crippen LogP contribution in [0.1, 0.15) is 92.4 Å². The maximum Gasteiger partial charge on any atom is 0.178 e. The van der Waals surface area contributed by atoms with Crippen molar-refractivity contribution in [3.8, 4) is 0 Å². The van der Waals surface area contributed by atoms with E-state index in [-0.39, 0.29) is 11.2 Å². The molecule has 0 saturated heterocycles. The van der Waals surface area contributed by atoms with Crippen LogP contribution < -0.4 is 0 Å². The van der Waals surface area contributed by atoms with Crippen molar-refractivity contribution in [3.05, 3.63) is 23.8 Å². The Labute approximate surface area is 173 Å². The van der Waals surface area contributed by atoms with E-state index in [0.29, 0.717) is 5.41 Å². The van der Waals surface area contributed by atoms with E-state index in [9.17, 15) is 4.79 Å². The first-order valence-electron chi connectivity index (χ1n) is 12.2. The van der Waals surface area contributed by atoms with Crippen molar-refractivity contribution in [1.29, 1.82) is 0 Å². The lowest BCUT2D eigenvalue weighted by atomic mass is 9.47. The molecule has 0 N–H and O–H groups in total. The van der Waals surface area contributed by atoms with E-state index in [4.69, 9.17) is 0 Å². The van der Waals surface area contributed by atoms with Gasteiger partial charge in [-0.1, -0.05) is 65.5 Å². The van der Waals surface area contributed by atoms with E-state index in [1.54, 1.807) is 0 Å². The fourth-order valence-corrected chi connectivity index (χ4v) is 8.22. The van der Waals surface area contributed by atoms with Crippen molar-refractivity contribution >= 4 is 5.78 Å². The summed E-state index contributed by atoms with van der Waals surface area (Å²) in [6.07, 6.45) is 18.5. The Bertz CT molecular complexity index is 670. The molecule has 0 bridgehead atoms. The zero-order valence-electron chi connectivity index (χ0n) is 19.0. The summed E-state index contributed by atoms with van der Waals surface area (Å²) in [6.45, 7) is 12.4. The molecule has 4 rings (SSSR count). The Kier molecular flexibility index (Phi) is 5.43. The molecular weight excluding hydrogens is 340 g/mol. The molecule has 28 heavy (non-hydrogen) atoms. The topological polar surface area (TPSA) is 17.1 Å². The Morgan fingerprint density at radius 3 is 2.57 bits per heavy atom. The largest absolute Gasteiger partial charge is 0.290 e. The number of ketones is 1. The van der Waals surface area contributed by atoms with Crippen LogP contribution in [0.2, 0.25) is 0 Å². The first-order valence-corrected chi connectivity index (χ1v) is 12.2. The van der Waals surface area contributed by atoms with Crippen molar-refractivity contribution in [3.63, 3.8) is 0 Å². The second-order valence-corrected chi connectivity index (χ2v) is 11.6. The van der Waals surface area contributed by atoms with Gasteiger partial charge in [-0.3, -0.25) is 4.79 Å². The minimum atomic E-state index is 0.152.